The third kappa shape index (κ3) is 7.92. The lowest BCUT2D eigenvalue weighted by Gasteiger charge is -2.27. The van der Waals surface area contributed by atoms with Crippen LogP contribution in [0.2, 0.25) is 0 Å². The van der Waals surface area contributed by atoms with Crippen molar-refractivity contribution in [2.45, 2.75) is 83.5 Å². The van der Waals surface area contributed by atoms with Crippen molar-refractivity contribution >= 4 is 23.3 Å². The van der Waals surface area contributed by atoms with Crippen molar-refractivity contribution in [1.82, 2.24) is 0 Å². The zero-order chi connectivity index (χ0) is 22.9. The van der Waals surface area contributed by atoms with Gasteiger partial charge in [0.05, 0.1) is 12.6 Å². The highest BCUT2D eigenvalue weighted by atomic mass is 32.2. The minimum atomic E-state index is -1.17. The lowest BCUT2D eigenvalue weighted by molar-refractivity contribution is -0.297. The molecule has 4 heteroatoms. The number of carboxylic acids is 1. The summed E-state index contributed by atoms with van der Waals surface area (Å²) in [5, 5.41) is 10.7. The first-order chi connectivity index (χ1) is 14.7. The van der Waals surface area contributed by atoms with Gasteiger partial charge in [0.25, 0.3) is 0 Å². The number of hydrogen-bond donors (Lipinski definition) is 0. The molecule has 1 heterocycles. The molecule has 0 aromatic heterocycles. The average molecular weight is 442 g/mol. The Morgan fingerprint density at radius 2 is 2.00 bits per heavy atom. The maximum Gasteiger partial charge on any atom is 0.127 e. The van der Waals surface area contributed by atoms with E-state index < -0.39 is 5.97 Å². The fraction of sp³-hybridized carbons (Fsp3) is 0.519. The summed E-state index contributed by atoms with van der Waals surface area (Å²) in [6.45, 7) is 11.5. The Balaban J connectivity index is 2.36. The van der Waals surface area contributed by atoms with Gasteiger partial charge in [-0.3, -0.25) is 0 Å². The molecule has 0 saturated carbocycles. The number of thioether (sulfide) groups is 1. The minimum absolute atomic E-state index is 0.136. The van der Waals surface area contributed by atoms with Crippen molar-refractivity contribution in [2.75, 3.05) is 12.4 Å². The summed E-state index contributed by atoms with van der Waals surface area (Å²) in [5.74, 6) is 0.921. The van der Waals surface area contributed by atoms with Gasteiger partial charge < -0.3 is 14.6 Å². The van der Waals surface area contributed by atoms with E-state index in [0.717, 1.165) is 41.7 Å². The smallest absolute Gasteiger partial charge is 0.127 e. The van der Waals surface area contributed by atoms with E-state index in [4.69, 9.17) is 4.74 Å². The maximum absolute atomic E-state index is 10.7. The molecule has 0 saturated heterocycles. The average Bonchev–Trinajstić information content (AvgIpc) is 2.84. The molecule has 1 aliphatic rings. The number of rotatable bonds is 10. The number of carbonyl (C=O) groups is 1. The van der Waals surface area contributed by atoms with Crippen LogP contribution in [0.4, 0.5) is 0 Å². The number of hydrogen-bond acceptors (Lipinski definition) is 4. The van der Waals surface area contributed by atoms with Gasteiger partial charge in [-0.2, -0.15) is 0 Å². The van der Waals surface area contributed by atoms with Gasteiger partial charge in [-0.25, -0.2) is 0 Å². The lowest BCUT2D eigenvalue weighted by atomic mass is 9.79. The van der Waals surface area contributed by atoms with E-state index in [1.165, 1.54) is 42.6 Å². The molecule has 0 aliphatic carbocycles. The van der Waals surface area contributed by atoms with Gasteiger partial charge in [-0.05, 0) is 79.2 Å². The van der Waals surface area contributed by atoms with Crippen LogP contribution in [-0.2, 0) is 10.2 Å². The number of benzene rings is 1. The van der Waals surface area contributed by atoms with Crippen molar-refractivity contribution in [3.8, 4) is 5.75 Å². The molecule has 3 nitrogen and oxygen atoms in total. The van der Waals surface area contributed by atoms with Gasteiger partial charge in [0.15, 0.2) is 0 Å². The zero-order valence-electron chi connectivity index (χ0n) is 19.8. The largest absolute Gasteiger partial charge is 0.545 e. The van der Waals surface area contributed by atoms with Crippen LogP contribution in [0.1, 0.15) is 84.3 Å². The third-order valence-electron chi connectivity index (χ3n) is 5.75. The highest BCUT2D eigenvalue weighted by Crippen LogP contribution is 2.44. The second-order valence-electron chi connectivity index (χ2n) is 9.01. The maximum atomic E-state index is 10.7. The number of carbonyl (C=O) groups excluding carboxylic acids is 1. The Morgan fingerprint density at radius 3 is 2.71 bits per heavy atom. The Hall–Kier alpha value is -1.94. The standard InChI is InChI=1S/C27H38O3S/c1-6-7-8-9-15-30-24-19-25-23(27(4,5)14-11-16-31-25)18-22(24)21(3)13-10-12-20(2)17-26(28)29/h10,12-13,17-19H,6-9,11,14-16H2,1-5H3,(H,28,29)/p-1/b12-10+,20-17+,21-13+. The van der Waals surface area contributed by atoms with Crippen molar-refractivity contribution in [1.29, 1.82) is 0 Å². The van der Waals surface area contributed by atoms with E-state index in [-0.39, 0.29) is 5.41 Å². The van der Waals surface area contributed by atoms with Gasteiger partial charge in [0.1, 0.15) is 5.75 Å². The highest BCUT2D eigenvalue weighted by molar-refractivity contribution is 7.99. The molecule has 0 bridgehead atoms. The van der Waals surface area contributed by atoms with E-state index in [1.807, 2.05) is 23.9 Å². The van der Waals surface area contributed by atoms with Crippen LogP contribution in [-0.4, -0.2) is 18.3 Å². The first-order valence-electron chi connectivity index (χ1n) is 11.4. The highest BCUT2D eigenvalue weighted by Gasteiger charge is 2.28. The van der Waals surface area contributed by atoms with Gasteiger partial charge >= 0.3 is 0 Å². The molecule has 170 valence electrons. The summed E-state index contributed by atoms with van der Waals surface area (Å²) in [7, 11) is 0. The molecule has 0 unspecified atom stereocenters. The number of carboxylic acid groups (broad SMARTS) is 1. The Bertz CT molecular complexity index is 846. The van der Waals surface area contributed by atoms with Gasteiger partial charge in [0.2, 0.25) is 0 Å². The fourth-order valence-electron chi connectivity index (χ4n) is 3.85. The van der Waals surface area contributed by atoms with Gasteiger partial charge in [-0.15, -0.1) is 11.8 Å². The van der Waals surface area contributed by atoms with Crippen LogP contribution in [0.25, 0.3) is 5.57 Å². The summed E-state index contributed by atoms with van der Waals surface area (Å²) < 4.78 is 6.28. The Kier molecular flexibility index (Phi) is 9.95. The first kappa shape index (κ1) is 25.3. The number of unbranched alkanes of at least 4 members (excludes halogenated alkanes) is 3. The van der Waals surface area contributed by atoms with E-state index in [0.29, 0.717) is 5.57 Å². The zero-order valence-corrected chi connectivity index (χ0v) is 20.6. The molecule has 0 radical (unpaired) electrons. The van der Waals surface area contributed by atoms with E-state index in [1.54, 1.807) is 13.0 Å². The molecule has 0 spiro atoms. The van der Waals surface area contributed by atoms with Crippen LogP contribution in [0, 0.1) is 0 Å². The number of fused-ring (bicyclic) bond motifs is 1. The van der Waals surface area contributed by atoms with Gasteiger partial charge in [-0.1, -0.05) is 58.3 Å². The van der Waals surface area contributed by atoms with Crippen LogP contribution < -0.4 is 9.84 Å². The SMILES string of the molecule is CCCCCCOc1cc2c(cc1/C(C)=C/C=C/C(C)=C/C(=O)[O-])C(C)(C)CCCS2. The predicted octanol–water partition coefficient (Wildman–Crippen LogP) is 6.46. The van der Waals surface area contributed by atoms with Crippen molar-refractivity contribution < 1.29 is 14.6 Å². The molecular weight excluding hydrogens is 404 g/mol. The first-order valence-corrected chi connectivity index (χ1v) is 12.4. The second-order valence-corrected chi connectivity index (χ2v) is 10.1. The molecule has 0 atom stereocenters. The Morgan fingerprint density at radius 1 is 1.23 bits per heavy atom. The van der Waals surface area contributed by atoms with Crippen molar-refractivity contribution in [2.24, 2.45) is 0 Å². The second kappa shape index (κ2) is 12.2. The third-order valence-corrected chi connectivity index (χ3v) is 6.89. The molecule has 1 aliphatic heterocycles. The van der Waals surface area contributed by atoms with Crippen molar-refractivity contribution in [3.05, 3.63) is 53.1 Å². The molecule has 1 aromatic carbocycles. The topological polar surface area (TPSA) is 49.4 Å². The number of aliphatic carboxylic acids is 1. The van der Waals surface area contributed by atoms with Crippen molar-refractivity contribution in [3.63, 3.8) is 0 Å². The Labute approximate surface area is 192 Å². The van der Waals surface area contributed by atoms with Crippen LogP contribution in [0.3, 0.4) is 0 Å². The summed E-state index contributed by atoms with van der Waals surface area (Å²) in [6.07, 6.45) is 13.9. The van der Waals surface area contributed by atoms with E-state index in [2.05, 4.69) is 39.8 Å². The van der Waals surface area contributed by atoms with Crippen LogP contribution in [0.5, 0.6) is 5.75 Å². The normalized spacial score (nSPS) is 16.8. The lowest BCUT2D eigenvalue weighted by Crippen LogP contribution is -2.19. The fourth-order valence-corrected chi connectivity index (χ4v) is 5.04. The van der Waals surface area contributed by atoms with Crippen LogP contribution in [0.15, 0.2) is 46.9 Å². The predicted molar refractivity (Wildman–Crippen MR) is 131 cm³/mol. The quantitative estimate of drug-likeness (QED) is 0.237. The molecule has 0 N–H and O–H groups in total. The molecule has 31 heavy (non-hydrogen) atoms. The molecular formula is C27H37O3S-. The number of ether oxygens (including phenoxy) is 1. The summed E-state index contributed by atoms with van der Waals surface area (Å²) in [6, 6.07) is 4.56. The number of allylic oxidation sites excluding steroid dienone is 5. The molecule has 1 aromatic rings. The van der Waals surface area contributed by atoms with E-state index in [9.17, 15) is 9.90 Å². The van der Waals surface area contributed by atoms with E-state index >= 15 is 0 Å². The molecule has 0 fully saturated rings. The molecule has 0 amide bonds. The van der Waals surface area contributed by atoms with Gasteiger partial charge in [0, 0.05) is 10.5 Å². The van der Waals surface area contributed by atoms with Crippen LogP contribution >= 0.6 is 11.8 Å². The summed E-state index contributed by atoms with van der Waals surface area (Å²) in [5.41, 5.74) is 4.41. The molecule has 2 rings (SSSR count). The summed E-state index contributed by atoms with van der Waals surface area (Å²) in [4.78, 5) is 12.0. The minimum Gasteiger partial charge on any atom is -0.545 e. The monoisotopic (exact) mass is 441 g/mol. The summed E-state index contributed by atoms with van der Waals surface area (Å²) >= 11 is 1.94.